The maximum absolute atomic E-state index is 5.87. The Morgan fingerprint density at radius 1 is 1.62 bits per heavy atom. The van der Waals surface area contributed by atoms with Gasteiger partial charge in [-0.3, -0.25) is 0 Å². The summed E-state index contributed by atoms with van der Waals surface area (Å²) in [6.07, 6.45) is 1.22. The van der Waals surface area contributed by atoms with Crippen LogP contribution < -0.4 is 10.6 Å². The molecule has 0 bridgehead atoms. The van der Waals surface area contributed by atoms with E-state index in [2.05, 4.69) is 9.88 Å². The molecule has 1 aromatic rings. The molecule has 70 valence electrons. The Hall–Kier alpha value is -0.390. The first-order chi connectivity index (χ1) is 6.18. The zero-order valence-corrected chi connectivity index (χ0v) is 9.18. The van der Waals surface area contributed by atoms with Gasteiger partial charge in [-0.25, -0.2) is 4.98 Å². The number of nitrogens with zero attached hydrogens (tertiary/aromatic N) is 2. The first kappa shape index (κ1) is 9.18. The number of aromatic nitrogens is 1. The van der Waals surface area contributed by atoms with Crippen LogP contribution in [0.15, 0.2) is 0 Å². The van der Waals surface area contributed by atoms with Gasteiger partial charge < -0.3 is 10.6 Å². The van der Waals surface area contributed by atoms with Crippen molar-refractivity contribution in [1.29, 1.82) is 0 Å². The summed E-state index contributed by atoms with van der Waals surface area (Å²) in [4.78, 5) is 7.41. The summed E-state index contributed by atoms with van der Waals surface area (Å²) in [5, 5.41) is 1.36. The number of hydrogen-bond donors (Lipinski definition) is 1. The minimum Gasteiger partial charge on any atom is -0.389 e. The molecule has 0 aromatic carbocycles. The third kappa shape index (κ3) is 1.63. The number of thiocarbonyl (C=S) groups is 1. The second kappa shape index (κ2) is 3.40. The molecule has 0 atom stereocenters. The average Bonchev–Trinajstić information content (AvgIpc) is 2.27. The molecule has 6 heteroatoms. The van der Waals surface area contributed by atoms with Crippen molar-refractivity contribution in [3.05, 3.63) is 10.0 Å². The monoisotopic (exact) mass is 233 g/mol. The molecule has 0 unspecified atom stereocenters. The third-order valence-corrected chi connectivity index (χ3v) is 3.79. The first-order valence-corrected chi connectivity index (χ1v) is 5.50. The molecule has 2 heterocycles. The highest BCUT2D eigenvalue weighted by molar-refractivity contribution is 7.81. The molecule has 1 aromatic heterocycles. The van der Waals surface area contributed by atoms with E-state index in [1.165, 1.54) is 17.8 Å². The van der Waals surface area contributed by atoms with Crippen molar-refractivity contribution in [2.45, 2.75) is 6.42 Å². The SMILES string of the molecule is NC(=S)c1sc(N2CCC2)nc1Cl. The zero-order chi connectivity index (χ0) is 9.42. The quantitative estimate of drug-likeness (QED) is 0.789. The molecule has 1 saturated heterocycles. The predicted octanol–water partition coefficient (Wildman–Crippen LogP) is 1.64. The van der Waals surface area contributed by atoms with Gasteiger partial charge in [-0.1, -0.05) is 35.2 Å². The summed E-state index contributed by atoms with van der Waals surface area (Å²) in [5.41, 5.74) is 5.49. The van der Waals surface area contributed by atoms with Gasteiger partial charge in [-0.2, -0.15) is 0 Å². The van der Waals surface area contributed by atoms with Crippen LogP contribution in [0.2, 0.25) is 5.15 Å². The van der Waals surface area contributed by atoms with Gasteiger partial charge in [0.05, 0.1) is 0 Å². The van der Waals surface area contributed by atoms with Crippen molar-refractivity contribution >= 4 is 45.3 Å². The lowest BCUT2D eigenvalue weighted by molar-refractivity contribution is 0.616. The normalized spacial score (nSPS) is 15.6. The maximum atomic E-state index is 5.87. The fourth-order valence-electron chi connectivity index (χ4n) is 1.09. The van der Waals surface area contributed by atoms with Crippen LogP contribution in [0.3, 0.4) is 0 Å². The van der Waals surface area contributed by atoms with E-state index in [1.54, 1.807) is 0 Å². The minimum atomic E-state index is 0.328. The number of hydrogen-bond acceptors (Lipinski definition) is 4. The molecule has 3 nitrogen and oxygen atoms in total. The van der Waals surface area contributed by atoms with Gasteiger partial charge in [-0.05, 0) is 6.42 Å². The van der Waals surface area contributed by atoms with Crippen LogP contribution in [0, 0.1) is 0 Å². The fraction of sp³-hybridized carbons (Fsp3) is 0.429. The van der Waals surface area contributed by atoms with E-state index in [0.717, 1.165) is 23.1 Å². The predicted molar refractivity (Wildman–Crippen MR) is 59.8 cm³/mol. The van der Waals surface area contributed by atoms with Crippen LogP contribution in [-0.2, 0) is 0 Å². The molecule has 0 spiro atoms. The molecule has 2 rings (SSSR count). The summed E-state index contributed by atoms with van der Waals surface area (Å²) in [6, 6.07) is 0. The van der Waals surface area contributed by atoms with Gasteiger partial charge in [0.2, 0.25) is 0 Å². The Morgan fingerprint density at radius 2 is 2.31 bits per heavy atom. The van der Waals surface area contributed by atoms with Gasteiger partial charge in [0.25, 0.3) is 0 Å². The second-order valence-electron chi connectivity index (χ2n) is 2.82. The lowest BCUT2D eigenvalue weighted by atomic mass is 10.2. The largest absolute Gasteiger partial charge is 0.389 e. The highest BCUT2D eigenvalue weighted by Gasteiger charge is 2.20. The fourth-order valence-corrected chi connectivity index (χ4v) is 2.57. The van der Waals surface area contributed by atoms with Crippen LogP contribution >= 0.6 is 35.2 Å². The minimum absolute atomic E-state index is 0.328. The summed E-state index contributed by atoms with van der Waals surface area (Å²) >= 11 is 12.2. The van der Waals surface area contributed by atoms with E-state index in [9.17, 15) is 0 Å². The Labute approximate surface area is 90.5 Å². The molecule has 1 fully saturated rings. The lowest BCUT2D eigenvalue weighted by Crippen LogP contribution is -2.36. The maximum Gasteiger partial charge on any atom is 0.187 e. The Kier molecular flexibility index (Phi) is 2.40. The van der Waals surface area contributed by atoms with Crippen molar-refractivity contribution < 1.29 is 0 Å². The van der Waals surface area contributed by atoms with Crippen molar-refractivity contribution in [3.8, 4) is 0 Å². The van der Waals surface area contributed by atoms with E-state index >= 15 is 0 Å². The van der Waals surface area contributed by atoms with Gasteiger partial charge in [0.1, 0.15) is 9.87 Å². The molecule has 0 radical (unpaired) electrons. The van der Waals surface area contributed by atoms with Crippen molar-refractivity contribution in [3.63, 3.8) is 0 Å². The highest BCUT2D eigenvalue weighted by Crippen LogP contribution is 2.31. The molecular formula is C7H8ClN3S2. The van der Waals surface area contributed by atoms with Gasteiger partial charge >= 0.3 is 0 Å². The van der Waals surface area contributed by atoms with Crippen molar-refractivity contribution in [1.82, 2.24) is 4.98 Å². The summed E-state index contributed by atoms with van der Waals surface area (Å²) in [6.45, 7) is 2.11. The summed E-state index contributed by atoms with van der Waals surface area (Å²) in [7, 11) is 0. The van der Waals surface area contributed by atoms with Gasteiger partial charge in [0, 0.05) is 13.1 Å². The van der Waals surface area contributed by atoms with Crippen LogP contribution in [0.25, 0.3) is 0 Å². The van der Waals surface area contributed by atoms with E-state index in [1.807, 2.05) is 0 Å². The average molecular weight is 234 g/mol. The molecular weight excluding hydrogens is 226 g/mol. The van der Waals surface area contributed by atoms with Crippen LogP contribution in [0.1, 0.15) is 11.3 Å². The molecule has 0 saturated carbocycles. The molecule has 2 N–H and O–H groups in total. The number of anilines is 1. The van der Waals surface area contributed by atoms with Crippen LogP contribution in [0.4, 0.5) is 5.13 Å². The summed E-state index contributed by atoms with van der Waals surface area (Å²) in [5.74, 6) is 0. The number of rotatable bonds is 2. The van der Waals surface area contributed by atoms with Gasteiger partial charge in [0.15, 0.2) is 10.3 Å². The molecule has 13 heavy (non-hydrogen) atoms. The Morgan fingerprint density at radius 3 is 2.69 bits per heavy atom. The molecule has 1 aliphatic heterocycles. The Bertz CT molecular complexity index is 346. The summed E-state index contributed by atoms with van der Waals surface area (Å²) < 4.78 is 0. The highest BCUT2D eigenvalue weighted by atomic mass is 35.5. The van der Waals surface area contributed by atoms with E-state index in [0.29, 0.717) is 10.1 Å². The van der Waals surface area contributed by atoms with Crippen molar-refractivity contribution in [2.75, 3.05) is 18.0 Å². The standard InChI is InChI=1S/C7H8ClN3S2/c8-5-4(6(9)12)13-7(10-5)11-2-1-3-11/h1-3H2,(H2,9,12). The number of thiazole rings is 1. The van der Waals surface area contributed by atoms with Crippen LogP contribution in [0.5, 0.6) is 0 Å². The number of nitrogens with two attached hydrogens (primary N) is 1. The van der Waals surface area contributed by atoms with E-state index in [4.69, 9.17) is 29.6 Å². The Balaban J connectivity index is 2.28. The second-order valence-corrected chi connectivity index (χ2v) is 4.60. The van der Waals surface area contributed by atoms with Gasteiger partial charge in [-0.15, -0.1) is 0 Å². The zero-order valence-electron chi connectivity index (χ0n) is 6.79. The van der Waals surface area contributed by atoms with Crippen LogP contribution in [-0.4, -0.2) is 23.1 Å². The lowest BCUT2D eigenvalue weighted by Gasteiger charge is -2.30. The van der Waals surface area contributed by atoms with Crippen molar-refractivity contribution in [2.24, 2.45) is 5.73 Å². The third-order valence-electron chi connectivity index (χ3n) is 1.92. The topological polar surface area (TPSA) is 42.1 Å². The molecule has 0 aliphatic carbocycles. The number of halogens is 1. The molecule has 1 aliphatic rings. The van der Waals surface area contributed by atoms with E-state index in [-0.39, 0.29) is 0 Å². The van der Waals surface area contributed by atoms with E-state index < -0.39 is 0 Å². The molecule has 0 amide bonds. The smallest absolute Gasteiger partial charge is 0.187 e. The first-order valence-electron chi connectivity index (χ1n) is 3.89.